The lowest BCUT2D eigenvalue weighted by Gasteiger charge is -2.16. The van der Waals surface area contributed by atoms with Gasteiger partial charge in [-0.15, -0.1) is 0 Å². The lowest BCUT2D eigenvalue weighted by molar-refractivity contribution is -0.301. The molecule has 0 saturated carbocycles. The molecule has 2 rings (SSSR count). The molecule has 3 nitrogen and oxygen atoms in total. The fourth-order valence-electron chi connectivity index (χ4n) is 1.37. The van der Waals surface area contributed by atoms with Crippen LogP contribution in [0.2, 0.25) is 0 Å². The Morgan fingerprint density at radius 2 is 1.45 bits per heavy atom. The van der Waals surface area contributed by atoms with Gasteiger partial charge in [0.15, 0.2) is 0 Å². The topological polar surface area (TPSA) is 35.5 Å². The van der Waals surface area contributed by atoms with Crippen LogP contribution in [0.25, 0.3) is 6.08 Å². The van der Waals surface area contributed by atoms with Gasteiger partial charge < -0.3 is 0 Å². The Bertz CT molecular complexity index is 569. The number of benzene rings is 2. The van der Waals surface area contributed by atoms with E-state index in [9.17, 15) is 4.79 Å². The van der Waals surface area contributed by atoms with E-state index in [1.807, 2.05) is 63.2 Å². The van der Waals surface area contributed by atoms with Gasteiger partial charge in [-0.2, -0.15) is 4.89 Å². The van der Waals surface area contributed by atoms with E-state index in [1.54, 1.807) is 24.3 Å². The Morgan fingerprint density at radius 1 is 0.955 bits per heavy atom. The summed E-state index contributed by atoms with van der Waals surface area (Å²) < 4.78 is 0. The fourth-order valence-corrected chi connectivity index (χ4v) is 1.37. The van der Waals surface area contributed by atoms with Crippen molar-refractivity contribution in [1.82, 2.24) is 0 Å². The molecule has 0 N–H and O–H groups in total. The van der Waals surface area contributed by atoms with Gasteiger partial charge in [0.05, 0.1) is 5.56 Å². The number of hydrogen-bond acceptors (Lipinski definition) is 3. The molecule has 0 aliphatic heterocycles. The molecule has 0 radical (unpaired) electrons. The van der Waals surface area contributed by atoms with Gasteiger partial charge in [-0.25, -0.2) is 4.79 Å². The SMILES string of the molecule is C=Cc1ccccc1.CC(C)(C)OOC(=O)c1ccccc1. The first-order valence-electron chi connectivity index (χ1n) is 7.05. The minimum atomic E-state index is -0.482. The molecular weight excluding hydrogens is 276 g/mol. The van der Waals surface area contributed by atoms with Crippen LogP contribution in [-0.4, -0.2) is 11.6 Å². The Labute approximate surface area is 132 Å². The number of carbonyl (C=O) groups is 1. The third-order valence-electron chi connectivity index (χ3n) is 2.41. The van der Waals surface area contributed by atoms with Crippen LogP contribution in [0.15, 0.2) is 67.2 Å². The largest absolute Gasteiger partial charge is 0.373 e. The van der Waals surface area contributed by atoms with Gasteiger partial charge in [0.2, 0.25) is 0 Å². The van der Waals surface area contributed by atoms with E-state index >= 15 is 0 Å². The van der Waals surface area contributed by atoms with E-state index in [0.717, 1.165) is 0 Å². The summed E-state index contributed by atoms with van der Waals surface area (Å²) in [6, 6.07) is 18.8. The molecular formula is C19H22O3. The third kappa shape index (κ3) is 7.41. The predicted octanol–water partition coefficient (Wildman–Crippen LogP) is 4.90. The smallest absolute Gasteiger partial charge is 0.292 e. The minimum Gasteiger partial charge on any atom is -0.292 e. The van der Waals surface area contributed by atoms with E-state index < -0.39 is 11.6 Å². The summed E-state index contributed by atoms with van der Waals surface area (Å²) in [5, 5.41) is 0. The normalized spacial score (nSPS) is 10.1. The first-order chi connectivity index (χ1) is 10.4. The first-order valence-corrected chi connectivity index (χ1v) is 7.05. The van der Waals surface area contributed by atoms with Crippen molar-refractivity contribution in [1.29, 1.82) is 0 Å². The summed E-state index contributed by atoms with van der Waals surface area (Å²) in [5.41, 5.74) is 1.18. The highest BCUT2D eigenvalue weighted by atomic mass is 17.2. The number of hydrogen-bond donors (Lipinski definition) is 0. The zero-order valence-corrected chi connectivity index (χ0v) is 13.3. The maximum Gasteiger partial charge on any atom is 0.373 e. The van der Waals surface area contributed by atoms with Crippen LogP contribution in [0.4, 0.5) is 0 Å². The molecule has 0 fully saturated rings. The first kappa shape index (κ1) is 17.7. The number of rotatable bonds is 3. The molecule has 0 bridgehead atoms. The highest BCUT2D eigenvalue weighted by molar-refractivity contribution is 5.88. The summed E-state index contributed by atoms with van der Waals surface area (Å²) in [4.78, 5) is 20.9. The van der Waals surface area contributed by atoms with Crippen LogP contribution in [-0.2, 0) is 9.78 Å². The summed E-state index contributed by atoms with van der Waals surface area (Å²) in [6.45, 7) is 9.06. The standard InChI is InChI=1S/C11H14O3.C8H8/c1-11(2,3)14-13-10(12)9-7-5-4-6-8-9;1-2-8-6-4-3-5-7-8/h4-8H,1-3H3;2-7H,1H2. The van der Waals surface area contributed by atoms with Crippen LogP contribution in [0.5, 0.6) is 0 Å². The molecule has 0 amide bonds. The van der Waals surface area contributed by atoms with Gasteiger partial charge in [-0.05, 0) is 38.5 Å². The summed E-state index contributed by atoms with van der Waals surface area (Å²) >= 11 is 0. The maximum atomic E-state index is 11.3. The highest BCUT2D eigenvalue weighted by Gasteiger charge is 2.15. The fraction of sp³-hybridized carbons (Fsp3) is 0.211. The quantitative estimate of drug-likeness (QED) is 0.597. The predicted molar refractivity (Wildman–Crippen MR) is 89.2 cm³/mol. The Kier molecular flexibility index (Phi) is 7.06. The van der Waals surface area contributed by atoms with Crippen molar-refractivity contribution in [2.75, 3.05) is 0 Å². The van der Waals surface area contributed by atoms with Crippen LogP contribution in [0.1, 0.15) is 36.7 Å². The van der Waals surface area contributed by atoms with Gasteiger partial charge >= 0.3 is 5.97 Å². The van der Waals surface area contributed by atoms with E-state index in [-0.39, 0.29) is 0 Å². The van der Waals surface area contributed by atoms with Crippen molar-refractivity contribution in [3.05, 3.63) is 78.4 Å². The molecule has 3 heteroatoms. The monoisotopic (exact) mass is 298 g/mol. The Hall–Kier alpha value is -2.39. The minimum absolute atomic E-state index is 0.472. The van der Waals surface area contributed by atoms with Crippen molar-refractivity contribution in [2.45, 2.75) is 26.4 Å². The molecule has 0 atom stereocenters. The molecule has 2 aromatic carbocycles. The van der Waals surface area contributed by atoms with E-state index in [2.05, 4.69) is 11.5 Å². The zero-order valence-electron chi connectivity index (χ0n) is 13.3. The highest BCUT2D eigenvalue weighted by Crippen LogP contribution is 2.09. The van der Waals surface area contributed by atoms with Crippen molar-refractivity contribution in [2.24, 2.45) is 0 Å². The zero-order chi connectivity index (χ0) is 16.4. The third-order valence-corrected chi connectivity index (χ3v) is 2.41. The lowest BCUT2D eigenvalue weighted by Crippen LogP contribution is -2.21. The van der Waals surface area contributed by atoms with Gasteiger partial charge in [0.1, 0.15) is 5.60 Å². The second-order valence-corrected chi connectivity index (χ2v) is 5.55. The average molecular weight is 298 g/mol. The molecule has 0 heterocycles. The summed E-state index contributed by atoms with van der Waals surface area (Å²) in [6.07, 6.45) is 1.83. The van der Waals surface area contributed by atoms with Crippen molar-refractivity contribution in [3.63, 3.8) is 0 Å². The average Bonchev–Trinajstić information content (AvgIpc) is 2.54. The molecule has 2 aromatic rings. The maximum absolute atomic E-state index is 11.3. The lowest BCUT2D eigenvalue weighted by atomic mass is 10.2. The van der Waals surface area contributed by atoms with Gasteiger partial charge in [-0.1, -0.05) is 61.2 Å². The Morgan fingerprint density at radius 3 is 1.86 bits per heavy atom. The van der Waals surface area contributed by atoms with Crippen LogP contribution < -0.4 is 0 Å². The molecule has 0 aliphatic carbocycles. The summed E-state index contributed by atoms with van der Waals surface area (Å²) in [7, 11) is 0. The second kappa shape index (κ2) is 8.80. The van der Waals surface area contributed by atoms with Crippen molar-refractivity contribution < 1.29 is 14.6 Å². The Balaban J connectivity index is 0.000000255. The molecule has 116 valence electrons. The van der Waals surface area contributed by atoms with Crippen LogP contribution in [0, 0.1) is 0 Å². The van der Waals surface area contributed by atoms with E-state index in [0.29, 0.717) is 5.56 Å². The summed E-state index contributed by atoms with van der Waals surface area (Å²) in [5.74, 6) is -0.472. The van der Waals surface area contributed by atoms with Crippen LogP contribution >= 0.6 is 0 Å². The van der Waals surface area contributed by atoms with Crippen molar-refractivity contribution >= 4 is 12.0 Å². The molecule has 0 aliphatic rings. The molecule has 0 saturated heterocycles. The molecule has 22 heavy (non-hydrogen) atoms. The van der Waals surface area contributed by atoms with Gasteiger partial charge in [0.25, 0.3) is 0 Å². The molecule has 0 aromatic heterocycles. The van der Waals surface area contributed by atoms with E-state index in [1.165, 1.54) is 5.56 Å². The number of carbonyl (C=O) groups excluding carboxylic acids is 1. The van der Waals surface area contributed by atoms with Gasteiger partial charge in [0, 0.05) is 0 Å². The second-order valence-electron chi connectivity index (χ2n) is 5.55. The molecule has 0 spiro atoms. The molecule has 0 unspecified atom stereocenters. The van der Waals surface area contributed by atoms with Gasteiger partial charge in [-0.3, -0.25) is 4.89 Å². The van der Waals surface area contributed by atoms with E-state index in [4.69, 9.17) is 4.89 Å². The van der Waals surface area contributed by atoms with Crippen LogP contribution in [0.3, 0.4) is 0 Å². The van der Waals surface area contributed by atoms with Crippen molar-refractivity contribution in [3.8, 4) is 0 Å².